The summed E-state index contributed by atoms with van der Waals surface area (Å²) in [6.45, 7) is 0.805. The summed E-state index contributed by atoms with van der Waals surface area (Å²) < 4.78 is 0. The van der Waals surface area contributed by atoms with Crippen LogP contribution in [-0.2, 0) is 4.79 Å². The van der Waals surface area contributed by atoms with Gasteiger partial charge in [0.25, 0.3) is 0 Å². The monoisotopic (exact) mass is 177 g/mol. The Morgan fingerprint density at radius 3 is 3.00 bits per heavy atom. The molecule has 1 atom stereocenters. The molecule has 1 rings (SSSR count). The Bertz CT molecular complexity index is 151. The molecule has 0 aliphatic carbocycles. The van der Waals surface area contributed by atoms with Crippen LogP contribution in [0.3, 0.4) is 0 Å². The van der Waals surface area contributed by atoms with Crippen molar-refractivity contribution < 1.29 is 9.90 Å². The number of aliphatic hydroxyl groups excluding tert-OH is 1. The van der Waals surface area contributed by atoms with E-state index in [9.17, 15) is 4.79 Å². The van der Waals surface area contributed by atoms with E-state index in [1.54, 1.807) is 4.90 Å². The third kappa shape index (κ3) is 1.84. The average Bonchev–Trinajstić information content (AvgIpc) is 2.50. The van der Waals surface area contributed by atoms with Crippen LogP contribution in [-0.4, -0.2) is 41.0 Å². The molecule has 11 heavy (non-hydrogen) atoms. The number of likely N-dealkylation sites (tertiary alicyclic amines) is 1. The predicted molar refractivity (Wildman–Crippen MR) is 42.5 cm³/mol. The standard InChI is InChI=1S/C7H12ClNO2/c8-4-7(11)9-3-1-2-6(9)5-10/h6,10H,1-5H2. The first-order chi connectivity index (χ1) is 5.29. The van der Waals surface area contributed by atoms with E-state index in [2.05, 4.69) is 0 Å². The lowest BCUT2D eigenvalue weighted by atomic mass is 10.2. The molecule has 0 radical (unpaired) electrons. The van der Waals surface area contributed by atoms with Crippen molar-refractivity contribution in [2.75, 3.05) is 19.0 Å². The minimum atomic E-state index is -0.0665. The molecular weight excluding hydrogens is 166 g/mol. The smallest absolute Gasteiger partial charge is 0.237 e. The first-order valence-corrected chi connectivity index (χ1v) is 4.29. The van der Waals surface area contributed by atoms with Gasteiger partial charge in [0.05, 0.1) is 12.6 Å². The summed E-state index contributed by atoms with van der Waals surface area (Å²) >= 11 is 5.38. The first-order valence-electron chi connectivity index (χ1n) is 3.76. The Labute approximate surface area is 70.9 Å². The molecule has 0 aromatic heterocycles. The lowest BCUT2D eigenvalue weighted by Gasteiger charge is -2.21. The van der Waals surface area contributed by atoms with Gasteiger partial charge < -0.3 is 10.0 Å². The zero-order chi connectivity index (χ0) is 8.27. The van der Waals surface area contributed by atoms with Gasteiger partial charge in [-0.05, 0) is 12.8 Å². The summed E-state index contributed by atoms with van der Waals surface area (Å²) in [5, 5.41) is 8.84. The maximum atomic E-state index is 11.1. The van der Waals surface area contributed by atoms with Crippen LogP contribution in [0.25, 0.3) is 0 Å². The van der Waals surface area contributed by atoms with E-state index in [0.717, 1.165) is 19.4 Å². The van der Waals surface area contributed by atoms with E-state index in [0.29, 0.717) is 0 Å². The highest BCUT2D eigenvalue weighted by atomic mass is 35.5. The average molecular weight is 178 g/mol. The van der Waals surface area contributed by atoms with Gasteiger partial charge in [0.15, 0.2) is 0 Å². The van der Waals surface area contributed by atoms with Gasteiger partial charge in [-0.15, -0.1) is 11.6 Å². The second kappa shape index (κ2) is 3.93. The van der Waals surface area contributed by atoms with Gasteiger partial charge in [0.2, 0.25) is 5.91 Å². The Balaban J connectivity index is 2.49. The summed E-state index contributed by atoms with van der Waals surface area (Å²) in [4.78, 5) is 12.7. The third-order valence-electron chi connectivity index (χ3n) is 2.02. The van der Waals surface area contributed by atoms with Gasteiger partial charge in [-0.1, -0.05) is 0 Å². The van der Waals surface area contributed by atoms with Gasteiger partial charge in [-0.25, -0.2) is 0 Å². The fraction of sp³-hybridized carbons (Fsp3) is 0.857. The number of hydrogen-bond acceptors (Lipinski definition) is 2. The number of halogens is 1. The number of alkyl halides is 1. The van der Waals surface area contributed by atoms with Crippen LogP contribution >= 0.6 is 11.6 Å². The minimum absolute atomic E-state index is 0.0150. The molecule has 1 aliphatic heterocycles. The number of rotatable bonds is 2. The molecule has 3 nitrogen and oxygen atoms in total. The van der Waals surface area contributed by atoms with Crippen molar-refractivity contribution in [2.45, 2.75) is 18.9 Å². The van der Waals surface area contributed by atoms with Crippen molar-refractivity contribution in [3.8, 4) is 0 Å². The van der Waals surface area contributed by atoms with Crippen LogP contribution in [0.2, 0.25) is 0 Å². The summed E-state index contributed by atoms with van der Waals surface area (Å²) in [5.74, 6) is -0.0422. The Hall–Kier alpha value is -0.280. The SMILES string of the molecule is O=C(CCl)N1CCCC1CO. The topological polar surface area (TPSA) is 40.5 Å². The Kier molecular flexibility index (Phi) is 3.15. The highest BCUT2D eigenvalue weighted by molar-refractivity contribution is 6.27. The molecule has 1 N–H and O–H groups in total. The largest absolute Gasteiger partial charge is 0.394 e. The summed E-state index contributed by atoms with van der Waals surface area (Å²) in [5.41, 5.74) is 0. The van der Waals surface area contributed by atoms with Gasteiger partial charge in [0, 0.05) is 6.54 Å². The minimum Gasteiger partial charge on any atom is -0.394 e. The highest BCUT2D eigenvalue weighted by Crippen LogP contribution is 2.16. The normalized spacial score (nSPS) is 24.2. The Morgan fingerprint density at radius 1 is 1.73 bits per heavy atom. The number of carbonyl (C=O) groups is 1. The van der Waals surface area contributed by atoms with E-state index in [1.165, 1.54) is 0 Å². The molecule has 0 aromatic rings. The molecule has 1 heterocycles. The quantitative estimate of drug-likeness (QED) is 0.613. The van der Waals surface area contributed by atoms with Crippen LogP contribution in [0.4, 0.5) is 0 Å². The predicted octanol–water partition coefficient (Wildman–Crippen LogP) is 0.209. The molecule has 0 bridgehead atoms. The van der Waals surface area contributed by atoms with Crippen molar-refractivity contribution in [3.63, 3.8) is 0 Å². The molecule has 0 saturated carbocycles. The second-order valence-corrected chi connectivity index (χ2v) is 2.97. The Morgan fingerprint density at radius 2 is 2.45 bits per heavy atom. The fourth-order valence-corrected chi connectivity index (χ4v) is 1.58. The van der Waals surface area contributed by atoms with Crippen LogP contribution in [0, 0.1) is 0 Å². The highest BCUT2D eigenvalue weighted by Gasteiger charge is 2.26. The number of nitrogens with zero attached hydrogens (tertiary/aromatic N) is 1. The second-order valence-electron chi connectivity index (χ2n) is 2.70. The van der Waals surface area contributed by atoms with Crippen molar-refractivity contribution in [3.05, 3.63) is 0 Å². The molecule has 1 fully saturated rings. The number of hydrogen-bond donors (Lipinski definition) is 1. The van der Waals surface area contributed by atoms with Crippen molar-refractivity contribution in [1.29, 1.82) is 0 Å². The van der Waals surface area contributed by atoms with Crippen LogP contribution < -0.4 is 0 Å². The maximum absolute atomic E-state index is 11.1. The molecule has 4 heteroatoms. The zero-order valence-electron chi connectivity index (χ0n) is 6.29. The number of amides is 1. The molecule has 64 valence electrons. The van der Waals surface area contributed by atoms with E-state index in [1.807, 2.05) is 0 Å². The maximum Gasteiger partial charge on any atom is 0.237 e. The molecule has 0 spiro atoms. The molecule has 1 unspecified atom stereocenters. The van der Waals surface area contributed by atoms with Gasteiger partial charge >= 0.3 is 0 Å². The molecule has 0 aromatic carbocycles. The van der Waals surface area contributed by atoms with E-state index >= 15 is 0 Å². The molecule has 1 amide bonds. The lowest BCUT2D eigenvalue weighted by Crippen LogP contribution is -2.38. The third-order valence-corrected chi connectivity index (χ3v) is 2.25. The van der Waals surface area contributed by atoms with Gasteiger partial charge in [-0.2, -0.15) is 0 Å². The van der Waals surface area contributed by atoms with Crippen molar-refractivity contribution in [1.82, 2.24) is 4.90 Å². The van der Waals surface area contributed by atoms with Crippen molar-refractivity contribution in [2.24, 2.45) is 0 Å². The molecule has 1 aliphatic rings. The van der Waals surface area contributed by atoms with Crippen molar-refractivity contribution >= 4 is 17.5 Å². The van der Waals surface area contributed by atoms with E-state index in [4.69, 9.17) is 16.7 Å². The van der Waals surface area contributed by atoms with Crippen LogP contribution in [0.1, 0.15) is 12.8 Å². The summed E-state index contributed by atoms with van der Waals surface area (Å²) in [6, 6.07) is 0.0150. The van der Waals surface area contributed by atoms with Crippen LogP contribution in [0.5, 0.6) is 0 Å². The van der Waals surface area contributed by atoms with E-state index in [-0.39, 0.29) is 24.4 Å². The molecular formula is C7H12ClNO2. The number of aliphatic hydroxyl groups is 1. The van der Waals surface area contributed by atoms with Crippen LogP contribution in [0.15, 0.2) is 0 Å². The first kappa shape index (κ1) is 8.81. The van der Waals surface area contributed by atoms with Gasteiger partial charge in [-0.3, -0.25) is 4.79 Å². The number of carbonyl (C=O) groups excluding carboxylic acids is 1. The summed E-state index contributed by atoms with van der Waals surface area (Å²) in [7, 11) is 0. The lowest BCUT2D eigenvalue weighted by molar-refractivity contribution is -0.129. The fourth-order valence-electron chi connectivity index (χ4n) is 1.43. The van der Waals surface area contributed by atoms with Gasteiger partial charge in [0.1, 0.15) is 5.88 Å². The summed E-state index contributed by atoms with van der Waals surface area (Å²) in [6.07, 6.45) is 1.88. The zero-order valence-corrected chi connectivity index (χ0v) is 7.05. The van der Waals surface area contributed by atoms with E-state index < -0.39 is 0 Å². The molecule has 1 saturated heterocycles.